The van der Waals surface area contributed by atoms with Gasteiger partial charge in [-0.05, 0) is 0 Å². The van der Waals surface area contributed by atoms with Crippen molar-refractivity contribution < 1.29 is 19.1 Å². The Hall–Kier alpha value is -1.90. The number of methoxy groups -OCH3 is 1. The summed E-state index contributed by atoms with van der Waals surface area (Å²) in [5.41, 5.74) is 2.66. The highest BCUT2D eigenvalue weighted by molar-refractivity contribution is 5.55. The number of anilines is 1. The van der Waals surface area contributed by atoms with Gasteiger partial charge in [0.1, 0.15) is 12.4 Å². The van der Waals surface area contributed by atoms with Gasteiger partial charge >= 0.3 is 0 Å². The van der Waals surface area contributed by atoms with E-state index in [-0.39, 0.29) is 12.3 Å². The minimum Gasteiger partial charge on any atom is -0.491 e. The van der Waals surface area contributed by atoms with Crippen molar-refractivity contribution in [1.29, 1.82) is 0 Å². The lowest BCUT2D eigenvalue weighted by atomic mass is 10.2. The average molecular weight is 271 g/mol. The van der Waals surface area contributed by atoms with Crippen molar-refractivity contribution in [2.75, 3.05) is 39.0 Å². The van der Waals surface area contributed by atoms with Crippen LogP contribution in [0.25, 0.3) is 0 Å². The van der Waals surface area contributed by atoms with E-state index in [0.29, 0.717) is 31.3 Å². The van der Waals surface area contributed by atoms with E-state index in [1.807, 2.05) is 0 Å². The molecule has 1 aromatic rings. The molecule has 19 heavy (non-hydrogen) atoms. The second-order valence-electron chi connectivity index (χ2n) is 3.57. The van der Waals surface area contributed by atoms with Crippen LogP contribution in [0.3, 0.4) is 0 Å². The number of non-ortho nitro benzene ring substituents is 1. The molecule has 0 unspecified atom stereocenters. The minimum absolute atomic E-state index is 0.0919. The number of nitro benzene ring substituents is 1. The number of nitrogen functional groups attached to an aromatic ring is 1. The fourth-order valence-electron chi connectivity index (χ4n) is 1.32. The van der Waals surface area contributed by atoms with Gasteiger partial charge in [-0.15, -0.1) is 0 Å². The molecule has 0 aliphatic heterocycles. The monoisotopic (exact) mass is 271 g/mol. The molecule has 106 valence electrons. The normalized spacial score (nSPS) is 10.2. The van der Waals surface area contributed by atoms with Gasteiger partial charge < -0.3 is 19.6 Å². The van der Waals surface area contributed by atoms with Crippen LogP contribution >= 0.6 is 0 Å². The van der Waals surface area contributed by atoms with Gasteiger partial charge in [0.25, 0.3) is 5.69 Å². The predicted octanol–water partition coefficient (Wildman–Crippen LogP) is 0.922. The number of ether oxygens (including phenoxy) is 3. The van der Waals surface area contributed by atoms with Gasteiger partial charge in [-0.2, -0.15) is 0 Å². The molecule has 0 bridgehead atoms. The smallest absolute Gasteiger partial charge is 0.275 e. The Kier molecular flexibility index (Phi) is 6.58. The molecule has 8 heteroatoms. The van der Waals surface area contributed by atoms with Crippen molar-refractivity contribution in [2.24, 2.45) is 5.84 Å². The zero-order chi connectivity index (χ0) is 14.1. The molecule has 0 radical (unpaired) electrons. The van der Waals surface area contributed by atoms with Crippen molar-refractivity contribution in [3.63, 3.8) is 0 Å². The summed E-state index contributed by atoms with van der Waals surface area (Å²) in [5.74, 6) is 5.59. The fraction of sp³-hybridized carbons (Fsp3) is 0.455. The Morgan fingerprint density at radius 1 is 1.26 bits per heavy atom. The summed E-state index contributed by atoms with van der Waals surface area (Å²) < 4.78 is 15.4. The Labute approximate surface area is 110 Å². The van der Waals surface area contributed by atoms with Crippen molar-refractivity contribution in [3.05, 3.63) is 28.3 Å². The van der Waals surface area contributed by atoms with E-state index in [1.54, 1.807) is 13.2 Å². The van der Waals surface area contributed by atoms with Gasteiger partial charge in [-0.3, -0.25) is 16.0 Å². The van der Waals surface area contributed by atoms with E-state index >= 15 is 0 Å². The van der Waals surface area contributed by atoms with E-state index < -0.39 is 4.92 Å². The lowest BCUT2D eigenvalue weighted by Crippen LogP contribution is -2.11. The average Bonchev–Trinajstić information content (AvgIpc) is 2.42. The summed E-state index contributed by atoms with van der Waals surface area (Å²) in [6.07, 6.45) is 0. The highest BCUT2D eigenvalue weighted by Crippen LogP contribution is 2.25. The lowest BCUT2D eigenvalue weighted by molar-refractivity contribution is -0.384. The molecular weight excluding hydrogens is 254 g/mol. The van der Waals surface area contributed by atoms with Gasteiger partial charge in [0.05, 0.1) is 36.5 Å². The Morgan fingerprint density at radius 2 is 2.00 bits per heavy atom. The maximum absolute atomic E-state index is 10.7. The van der Waals surface area contributed by atoms with Crippen LogP contribution in [0.2, 0.25) is 0 Å². The molecule has 3 N–H and O–H groups in total. The number of nitrogens with one attached hydrogen (secondary N) is 1. The molecule has 0 heterocycles. The summed E-state index contributed by atoms with van der Waals surface area (Å²) in [5, 5.41) is 10.7. The molecule has 0 saturated heterocycles. The first-order valence-corrected chi connectivity index (χ1v) is 5.63. The molecule has 0 amide bonds. The largest absolute Gasteiger partial charge is 0.491 e. The second kappa shape index (κ2) is 8.25. The van der Waals surface area contributed by atoms with E-state index in [9.17, 15) is 10.1 Å². The van der Waals surface area contributed by atoms with Crippen LogP contribution in [-0.4, -0.2) is 38.5 Å². The summed E-state index contributed by atoms with van der Waals surface area (Å²) in [6.45, 7) is 1.65. The highest BCUT2D eigenvalue weighted by Gasteiger charge is 2.10. The third kappa shape index (κ3) is 5.51. The number of hydrogen-bond donors (Lipinski definition) is 2. The molecule has 0 aliphatic rings. The maximum atomic E-state index is 10.7. The lowest BCUT2D eigenvalue weighted by Gasteiger charge is -2.08. The molecule has 1 rings (SSSR count). The quantitative estimate of drug-likeness (QED) is 0.297. The number of hydrazine groups is 1. The van der Waals surface area contributed by atoms with Crippen molar-refractivity contribution in [3.8, 4) is 5.75 Å². The van der Waals surface area contributed by atoms with Crippen LogP contribution in [0.4, 0.5) is 11.4 Å². The standard InChI is InChI=1S/C11H17N3O5/c1-17-2-3-18-4-5-19-11-7-9(13-12)6-10(8-11)14(15)16/h6-8,13H,2-5,12H2,1H3. The molecule has 8 nitrogen and oxygen atoms in total. The van der Waals surface area contributed by atoms with Crippen LogP contribution in [-0.2, 0) is 9.47 Å². The van der Waals surface area contributed by atoms with Crippen LogP contribution < -0.4 is 16.0 Å². The zero-order valence-electron chi connectivity index (χ0n) is 10.6. The molecule has 0 saturated carbocycles. The molecule has 0 aliphatic carbocycles. The minimum atomic E-state index is -0.511. The van der Waals surface area contributed by atoms with Crippen molar-refractivity contribution in [2.45, 2.75) is 0 Å². The zero-order valence-corrected chi connectivity index (χ0v) is 10.6. The summed E-state index contributed by atoms with van der Waals surface area (Å²) in [6, 6.07) is 4.22. The number of nitro groups is 1. The number of benzene rings is 1. The van der Waals surface area contributed by atoms with E-state index in [2.05, 4.69) is 5.43 Å². The van der Waals surface area contributed by atoms with Crippen LogP contribution in [0, 0.1) is 10.1 Å². The fourth-order valence-corrected chi connectivity index (χ4v) is 1.32. The number of nitrogens with zero attached hydrogens (tertiary/aromatic N) is 1. The van der Waals surface area contributed by atoms with E-state index in [1.165, 1.54) is 12.1 Å². The van der Waals surface area contributed by atoms with Crippen molar-refractivity contribution >= 4 is 11.4 Å². The van der Waals surface area contributed by atoms with Crippen LogP contribution in [0.15, 0.2) is 18.2 Å². The second-order valence-corrected chi connectivity index (χ2v) is 3.57. The molecule has 1 aromatic carbocycles. The Morgan fingerprint density at radius 3 is 2.63 bits per heavy atom. The van der Waals surface area contributed by atoms with Gasteiger partial charge in [0.2, 0.25) is 0 Å². The molecule has 0 fully saturated rings. The third-order valence-corrected chi connectivity index (χ3v) is 2.20. The first-order valence-electron chi connectivity index (χ1n) is 5.63. The van der Waals surface area contributed by atoms with Gasteiger partial charge in [-0.25, -0.2) is 0 Å². The van der Waals surface area contributed by atoms with Crippen LogP contribution in [0.5, 0.6) is 5.75 Å². The predicted molar refractivity (Wildman–Crippen MR) is 69.1 cm³/mol. The first-order chi connectivity index (χ1) is 9.17. The van der Waals surface area contributed by atoms with E-state index in [4.69, 9.17) is 20.1 Å². The summed E-state index contributed by atoms with van der Waals surface area (Å²) >= 11 is 0. The third-order valence-electron chi connectivity index (χ3n) is 2.20. The number of rotatable bonds is 9. The Bertz CT molecular complexity index is 413. The van der Waals surface area contributed by atoms with Gasteiger partial charge in [0, 0.05) is 19.2 Å². The highest BCUT2D eigenvalue weighted by atomic mass is 16.6. The van der Waals surface area contributed by atoms with Gasteiger partial charge in [-0.1, -0.05) is 0 Å². The Balaban J connectivity index is 2.48. The molecule has 0 spiro atoms. The van der Waals surface area contributed by atoms with Gasteiger partial charge in [0.15, 0.2) is 0 Å². The number of hydrogen-bond acceptors (Lipinski definition) is 7. The van der Waals surface area contributed by atoms with Crippen molar-refractivity contribution in [1.82, 2.24) is 0 Å². The summed E-state index contributed by atoms with van der Waals surface area (Å²) in [7, 11) is 1.59. The summed E-state index contributed by atoms with van der Waals surface area (Å²) in [4.78, 5) is 10.2. The van der Waals surface area contributed by atoms with E-state index in [0.717, 1.165) is 0 Å². The molecule has 0 atom stereocenters. The topological polar surface area (TPSA) is 109 Å². The molecule has 0 aromatic heterocycles. The maximum Gasteiger partial charge on any atom is 0.275 e. The molecular formula is C11H17N3O5. The first kappa shape index (κ1) is 15.2. The van der Waals surface area contributed by atoms with Crippen LogP contribution in [0.1, 0.15) is 0 Å². The SMILES string of the molecule is COCCOCCOc1cc(NN)cc([N+](=O)[O-])c1. The number of nitrogens with two attached hydrogens (primary N) is 1.